The normalized spacial score (nSPS) is 9.48. The van der Waals surface area contributed by atoms with Gasteiger partial charge in [-0.1, -0.05) is 146 Å². The molecule has 16 heteroatoms. The molecule has 11 nitrogen and oxygen atoms in total. The van der Waals surface area contributed by atoms with Crippen LogP contribution in [0.5, 0.6) is 0 Å². The Balaban J connectivity index is 0.000000317. The molecule has 0 saturated heterocycles. The van der Waals surface area contributed by atoms with Crippen LogP contribution in [-0.2, 0) is 105 Å². The largest absolute Gasteiger partial charge is 0.512 e. The molecule has 0 bridgehead atoms. The average molecular weight is 2280 g/mol. The summed E-state index contributed by atoms with van der Waals surface area (Å²) in [5.41, 5.74) is 18.1. The predicted molar refractivity (Wildman–Crippen MR) is 405 cm³/mol. The Morgan fingerprint density at radius 1 is 0.283 bits per heavy atom. The summed E-state index contributed by atoms with van der Waals surface area (Å²) < 4.78 is 0. The predicted octanol–water partition coefficient (Wildman–Crippen LogP) is 20.7. The molecule has 0 aliphatic heterocycles. The van der Waals surface area contributed by atoms with Gasteiger partial charge in [0.25, 0.3) is 0 Å². The number of carbonyl (C=O) groups excluding carboxylic acids is 1. The number of aromatic nitrogens is 7. The van der Waals surface area contributed by atoms with Gasteiger partial charge in [0.2, 0.25) is 0 Å². The number of benzene rings is 8. The van der Waals surface area contributed by atoms with Crippen molar-refractivity contribution in [2.45, 2.75) is 20.8 Å². The maximum Gasteiger partial charge on any atom is 0.354 e. The second-order valence-electron chi connectivity index (χ2n) is 21.5. The second-order valence-corrected chi connectivity index (χ2v) is 21.5. The van der Waals surface area contributed by atoms with Crippen molar-refractivity contribution in [3.63, 3.8) is 0 Å². The van der Waals surface area contributed by atoms with Gasteiger partial charge in [-0.15, -0.1) is 214 Å². The molecule has 0 fully saturated rings. The van der Waals surface area contributed by atoms with Crippen molar-refractivity contribution in [1.29, 1.82) is 0 Å². The SMILES string of the molecule is CC(=O)C=C(C)O.Cc1cc[c-]c(-c2ccccn2)c1.O=C(O)c1ccccn1.[Ir].[Ir].[Ir].[Ir].[Ir].[c-]1ccc(-c2ccccc2)cc1-c1ccccn1.[c-]1ccc(-c2ccccc2)cc1-c1ccccn1.[c-]1ccccc1-c1ccccn1.[c-]1ccccc1-c1ccccn1.[c-]1ccccc1-c1ccccn1. The zero-order valence-corrected chi connectivity index (χ0v) is 69.6. The van der Waals surface area contributed by atoms with E-state index in [0.717, 1.165) is 67.5 Å². The number of rotatable bonds is 10. The Morgan fingerprint density at radius 2 is 0.557 bits per heavy atom. The van der Waals surface area contributed by atoms with E-state index in [9.17, 15) is 9.59 Å². The van der Waals surface area contributed by atoms with Crippen LogP contribution in [0.25, 0.3) is 89.8 Å². The minimum atomic E-state index is -0.990. The number of carboxylic acid groups (broad SMARTS) is 1. The van der Waals surface area contributed by atoms with Gasteiger partial charge in [-0.2, -0.15) is 0 Å². The molecule has 15 rings (SSSR count). The summed E-state index contributed by atoms with van der Waals surface area (Å²) in [6.45, 7) is 4.92. The Kier molecular flexibility index (Phi) is 44.7. The number of aromatic carboxylic acids is 1. The molecule has 8 aromatic carbocycles. The van der Waals surface area contributed by atoms with Crippen molar-refractivity contribution in [2.75, 3.05) is 0 Å². The van der Waals surface area contributed by atoms with E-state index in [1.54, 1.807) is 49.3 Å². The van der Waals surface area contributed by atoms with Crippen molar-refractivity contribution in [3.05, 3.63) is 418 Å². The number of aliphatic hydroxyl groups excluding tert-OH is 1. The molecule has 541 valence electrons. The van der Waals surface area contributed by atoms with Gasteiger partial charge in [0, 0.05) is 150 Å². The Labute approximate surface area is 689 Å². The van der Waals surface area contributed by atoms with Crippen LogP contribution in [0.4, 0.5) is 0 Å². The van der Waals surface area contributed by atoms with E-state index in [1.807, 2.05) is 243 Å². The van der Waals surface area contributed by atoms with E-state index in [4.69, 9.17) is 10.2 Å². The number of allylic oxidation sites excluding steroid dienone is 2. The van der Waals surface area contributed by atoms with Gasteiger partial charge in [-0.05, 0) is 108 Å². The molecule has 0 aliphatic carbocycles. The van der Waals surface area contributed by atoms with Gasteiger partial charge < -0.3 is 40.1 Å². The molecular weight excluding hydrogens is 2200 g/mol. The molecule has 106 heavy (non-hydrogen) atoms. The smallest absolute Gasteiger partial charge is 0.354 e. The number of hydrogen-bond donors (Lipinski definition) is 2. The number of aryl methyl sites for hydroxylation is 1. The van der Waals surface area contributed by atoms with Crippen molar-refractivity contribution in [1.82, 2.24) is 34.9 Å². The number of pyridine rings is 7. The van der Waals surface area contributed by atoms with Gasteiger partial charge in [0.05, 0.1) is 5.76 Å². The zero-order chi connectivity index (χ0) is 70.7. The number of carboxylic acids is 1. The van der Waals surface area contributed by atoms with E-state index in [2.05, 4.69) is 133 Å². The van der Waals surface area contributed by atoms with Crippen LogP contribution < -0.4 is 0 Å². The summed E-state index contributed by atoms with van der Waals surface area (Å²) in [6, 6.07) is 122. The molecule has 2 N–H and O–H groups in total. The maximum atomic E-state index is 10.1. The first-order valence-electron chi connectivity index (χ1n) is 32.1. The maximum absolute atomic E-state index is 10.1. The summed E-state index contributed by atoms with van der Waals surface area (Å²) in [6.07, 6.45) is 13.4. The molecule has 0 aliphatic rings. The van der Waals surface area contributed by atoms with E-state index in [0.29, 0.717) is 0 Å². The van der Waals surface area contributed by atoms with Crippen molar-refractivity contribution in [2.24, 2.45) is 0 Å². The average Bonchev–Trinajstić information content (AvgIpc) is 0.846. The first-order chi connectivity index (χ1) is 49.6. The van der Waals surface area contributed by atoms with E-state index >= 15 is 0 Å². The molecule has 5 radical (unpaired) electrons. The summed E-state index contributed by atoms with van der Waals surface area (Å²) in [5.74, 6) is -1.05. The monoisotopic (exact) mass is 2280 g/mol. The van der Waals surface area contributed by atoms with Gasteiger partial charge in [0.1, 0.15) is 5.69 Å². The van der Waals surface area contributed by atoms with Gasteiger partial charge in [0.15, 0.2) is 5.78 Å². The quantitative estimate of drug-likeness (QED) is 0.0760. The number of nitrogens with zero attached hydrogens (tertiary/aromatic N) is 7. The number of aliphatic hydroxyl groups is 1. The third-order valence-corrected chi connectivity index (χ3v) is 13.8. The molecule has 7 heterocycles. The Morgan fingerprint density at radius 3 is 0.792 bits per heavy atom. The van der Waals surface area contributed by atoms with E-state index in [1.165, 1.54) is 60.0 Å². The molecular formula is C90H71Ir5N7O4-6. The summed E-state index contributed by atoms with van der Waals surface area (Å²) in [5, 5.41) is 16.7. The molecule has 7 aromatic heterocycles. The van der Waals surface area contributed by atoms with Crippen molar-refractivity contribution in [3.8, 4) is 89.8 Å². The van der Waals surface area contributed by atoms with Crippen molar-refractivity contribution >= 4 is 11.8 Å². The third kappa shape index (κ3) is 33.2. The van der Waals surface area contributed by atoms with Crippen molar-refractivity contribution < 1.29 is 120 Å². The molecule has 0 unspecified atom stereocenters. The fourth-order valence-corrected chi connectivity index (χ4v) is 9.15. The Bertz CT molecular complexity index is 4300. The number of hydrogen-bond acceptors (Lipinski definition) is 10. The van der Waals surface area contributed by atoms with Crippen LogP contribution in [0, 0.1) is 43.3 Å². The van der Waals surface area contributed by atoms with Crippen LogP contribution in [0.3, 0.4) is 0 Å². The molecule has 0 atom stereocenters. The van der Waals surface area contributed by atoms with Gasteiger partial charge >= 0.3 is 5.97 Å². The topological polar surface area (TPSA) is 165 Å². The molecule has 0 amide bonds. The molecule has 0 spiro atoms. The standard InChI is InChI=1S/2C17H12N.C12H10N.3C11H8N.C6H5NO2.C5H8O2.5Ir/c2*1-2-7-14(8-3-1)15-9-6-10-16(13-15)17-11-4-5-12-18-17;1-10-5-4-6-11(9-10)12-7-2-3-8-13-12;3*1-2-6-10(7-3-1)11-8-4-5-9-12-11;8-6(9)5-3-1-2-4-7-5;1-4(6)3-5(2)7;;;;;/h2*1-9,11-13H;2-5,7-9H,1H3;3*1-6,8-9H;1-4H,(H,8,9);3,6H,1-2H3;;;;;/q6*-1;;;;;;;. The minimum Gasteiger partial charge on any atom is -0.512 e. The van der Waals surface area contributed by atoms with Crippen LogP contribution >= 0.6 is 0 Å². The van der Waals surface area contributed by atoms with E-state index in [-0.39, 0.29) is 118 Å². The Hall–Kier alpha value is -10.3. The fraction of sp³-hybridized carbons (Fsp3) is 0.0333. The van der Waals surface area contributed by atoms with Crippen LogP contribution in [0.1, 0.15) is 29.9 Å². The summed E-state index contributed by atoms with van der Waals surface area (Å²) >= 11 is 0. The first-order valence-corrected chi connectivity index (χ1v) is 32.1. The number of ketones is 1. The second kappa shape index (κ2) is 52.7. The fourth-order valence-electron chi connectivity index (χ4n) is 9.15. The third-order valence-electron chi connectivity index (χ3n) is 13.8. The summed E-state index contributed by atoms with van der Waals surface area (Å²) in [7, 11) is 0. The summed E-state index contributed by atoms with van der Waals surface area (Å²) in [4.78, 5) is 49.4. The molecule has 15 aromatic rings. The van der Waals surface area contributed by atoms with Gasteiger partial charge in [-0.3, -0.25) is 4.79 Å². The van der Waals surface area contributed by atoms with E-state index < -0.39 is 5.97 Å². The minimum absolute atomic E-state index is 0. The first kappa shape index (κ1) is 89.9. The van der Waals surface area contributed by atoms with Crippen LogP contribution in [0.15, 0.2) is 371 Å². The van der Waals surface area contributed by atoms with Crippen LogP contribution in [0.2, 0.25) is 0 Å². The van der Waals surface area contributed by atoms with Crippen LogP contribution in [-0.4, -0.2) is 56.9 Å². The van der Waals surface area contributed by atoms with Gasteiger partial charge in [-0.25, -0.2) is 9.78 Å². The number of carbonyl (C=O) groups is 2. The zero-order valence-electron chi connectivity index (χ0n) is 57.6. The molecule has 0 saturated carbocycles.